The topological polar surface area (TPSA) is 68.1 Å². The second-order valence-electron chi connectivity index (χ2n) is 3.68. The van der Waals surface area contributed by atoms with Gasteiger partial charge in [0, 0.05) is 0 Å². The molecule has 2 rings (SSSR count). The summed E-state index contributed by atoms with van der Waals surface area (Å²) in [7, 11) is 0. The molecule has 18 heavy (non-hydrogen) atoms. The molecule has 1 atom stereocenters. The lowest BCUT2D eigenvalue weighted by Crippen LogP contribution is -2.06. The summed E-state index contributed by atoms with van der Waals surface area (Å²) in [6.07, 6.45) is 1.20. The molecule has 0 fully saturated rings. The van der Waals surface area contributed by atoms with Crippen LogP contribution in [0.3, 0.4) is 0 Å². The van der Waals surface area contributed by atoms with Crippen LogP contribution in [0.25, 0.3) is 0 Å². The molecule has 0 aliphatic rings. The van der Waals surface area contributed by atoms with E-state index in [2.05, 4.69) is 10.3 Å². The van der Waals surface area contributed by atoms with Crippen LogP contribution in [0, 0.1) is 15.9 Å². The van der Waals surface area contributed by atoms with E-state index < -0.39 is 4.92 Å². The third kappa shape index (κ3) is 2.80. The summed E-state index contributed by atoms with van der Waals surface area (Å²) in [5, 5.41) is 13.9. The number of hydrogen-bond acceptors (Lipinski definition) is 5. The first-order valence-electron chi connectivity index (χ1n) is 5.18. The Morgan fingerprint density at radius 3 is 2.94 bits per heavy atom. The highest BCUT2D eigenvalue weighted by molar-refractivity contribution is 7.18. The highest BCUT2D eigenvalue weighted by atomic mass is 32.1. The molecule has 0 spiro atoms. The Labute approximate surface area is 106 Å². The molecule has 0 radical (unpaired) electrons. The SMILES string of the molecule is CC(Nc1ncc([N+](=O)[O-])s1)c1cccc(F)c1. The number of benzene rings is 1. The van der Waals surface area contributed by atoms with Crippen molar-refractivity contribution in [2.24, 2.45) is 0 Å². The molecule has 0 saturated carbocycles. The number of hydrogen-bond donors (Lipinski definition) is 1. The predicted octanol–water partition coefficient (Wildman–Crippen LogP) is 3.36. The van der Waals surface area contributed by atoms with Crippen LogP contribution in [-0.4, -0.2) is 9.91 Å². The van der Waals surface area contributed by atoms with Crippen molar-refractivity contribution in [2.75, 3.05) is 5.32 Å². The Kier molecular flexibility index (Phi) is 3.52. The monoisotopic (exact) mass is 267 g/mol. The van der Waals surface area contributed by atoms with Crippen LogP contribution in [0.5, 0.6) is 0 Å². The number of rotatable bonds is 4. The lowest BCUT2D eigenvalue weighted by atomic mass is 10.1. The van der Waals surface area contributed by atoms with Gasteiger partial charge in [0.25, 0.3) is 0 Å². The Hall–Kier alpha value is -2.02. The lowest BCUT2D eigenvalue weighted by molar-refractivity contribution is -0.380. The first-order valence-corrected chi connectivity index (χ1v) is 6.00. The van der Waals surface area contributed by atoms with E-state index in [1.165, 1.54) is 18.3 Å². The maximum absolute atomic E-state index is 13.0. The van der Waals surface area contributed by atoms with Crippen molar-refractivity contribution in [1.29, 1.82) is 0 Å². The number of thiazole rings is 1. The van der Waals surface area contributed by atoms with Gasteiger partial charge in [-0.3, -0.25) is 10.1 Å². The van der Waals surface area contributed by atoms with Gasteiger partial charge in [-0.15, -0.1) is 0 Å². The minimum atomic E-state index is -0.490. The van der Waals surface area contributed by atoms with E-state index in [-0.39, 0.29) is 16.9 Å². The van der Waals surface area contributed by atoms with E-state index in [1.807, 2.05) is 6.92 Å². The Morgan fingerprint density at radius 2 is 2.33 bits per heavy atom. The smallest absolute Gasteiger partial charge is 0.345 e. The molecule has 2 aromatic rings. The highest BCUT2D eigenvalue weighted by Crippen LogP contribution is 2.28. The van der Waals surface area contributed by atoms with Gasteiger partial charge in [-0.2, -0.15) is 0 Å². The molecule has 94 valence electrons. The minimum Gasteiger partial charge on any atom is -0.355 e. The fourth-order valence-electron chi connectivity index (χ4n) is 1.46. The van der Waals surface area contributed by atoms with Crippen molar-refractivity contribution >= 4 is 21.5 Å². The molecule has 0 aliphatic heterocycles. The maximum atomic E-state index is 13.0. The average Bonchev–Trinajstić information content (AvgIpc) is 2.77. The lowest BCUT2D eigenvalue weighted by Gasteiger charge is -2.12. The van der Waals surface area contributed by atoms with Crippen molar-refractivity contribution in [3.63, 3.8) is 0 Å². The molecule has 0 bridgehead atoms. The molecular formula is C11H10FN3O2S. The number of nitrogens with zero attached hydrogens (tertiary/aromatic N) is 2. The number of nitro groups is 1. The minimum absolute atomic E-state index is 0.0241. The van der Waals surface area contributed by atoms with Gasteiger partial charge in [-0.05, 0) is 36.0 Å². The van der Waals surface area contributed by atoms with Gasteiger partial charge in [0.2, 0.25) is 0 Å². The van der Waals surface area contributed by atoms with Crippen LogP contribution in [0.1, 0.15) is 18.5 Å². The zero-order chi connectivity index (χ0) is 13.1. The van der Waals surface area contributed by atoms with E-state index in [4.69, 9.17) is 0 Å². The standard InChI is InChI=1S/C11H10FN3O2S/c1-7(8-3-2-4-9(12)5-8)14-11-13-6-10(18-11)15(16)17/h2-7H,1H3,(H,13,14). The molecule has 0 amide bonds. The quantitative estimate of drug-likeness (QED) is 0.681. The van der Waals surface area contributed by atoms with E-state index >= 15 is 0 Å². The van der Waals surface area contributed by atoms with Gasteiger partial charge >= 0.3 is 5.00 Å². The molecule has 0 aliphatic carbocycles. The summed E-state index contributed by atoms with van der Waals surface area (Å²) < 4.78 is 13.0. The molecule has 0 saturated heterocycles. The van der Waals surface area contributed by atoms with E-state index in [1.54, 1.807) is 12.1 Å². The average molecular weight is 267 g/mol. The second kappa shape index (κ2) is 5.09. The van der Waals surface area contributed by atoms with Crippen molar-refractivity contribution in [3.05, 3.63) is 52.0 Å². The fourth-order valence-corrected chi connectivity index (χ4v) is 2.18. The summed E-state index contributed by atoms with van der Waals surface area (Å²) in [4.78, 5) is 13.9. The van der Waals surface area contributed by atoms with Crippen LogP contribution in [-0.2, 0) is 0 Å². The first-order chi connectivity index (χ1) is 8.56. The molecule has 1 N–H and O–H groups in total. The molecule has 1 aromatic carbocycles. The third-order valence-electron chi connectivity index (χ3n) is 2.36. The Balaban J connectivity index is 2.11. The largest absolute Gasteiger partial charge is 0.355 e. The number of nitrogens with one attached hydrogen (secondary N) is 1. The van der Waals surface area contributed by atoms with Gasteiger partial charge in [0.15, 0.2) is 5.13 Å². The summed E-state index contributed by atoms with van der Waals surface area (Å²) in [6, 6.07) is 6.01. The van der Waals surface area contributed by atoms with E-state index in [0.29, 0.717) is 5.13 Å². The third-order valence-corrected chi connectivity index (χ3v) is 3.24. The molecule has 7 heteroatoms. The van der Waals surface area contributed by atoms with Crippen LogP contribution in [0.15, 0.2) is 30.5 Å². The molecule has 1 aromatic heterocycles. The summed E-state index contributed by atoms with van der Waals surface area (Å²) in [5.41, 5.74) is 0.757. The molecular weight excluding hydrogens is 257 g/mol. The number of halogens is 1. The van der Waals surface area contributed by atoms with Gasteiger partial charge in [0.1, 0.15) is 12.0 Å². The van der Waals surface area contributed by atoms with Crippen molar-refractivity contribution in [3.8, 4) is 0 Å². The molecule has 1 unspecified atom stereocenters. The Bertz CT molecular complexity index is 573. The van der Waals surface area contributed by atoms with Crippen molar-refractivity contribution in [2.45, 2.75) is 13.0 Å². The van der Waals surface area contributed by atoms with Gasteiger partial charge in [-0.1, -0.05) is 12.1 Å². The predicted molar refractivity (Wildman–Crippen MR) is 67.2 cm³/mol. The number of anilines is 1. The Morgan fingerprint density at radius 1 is 1.56 bits per heavy atom. The zero-order valence-electron chi connectivity index (χ0n) is 9.46. The highest BCUT2D eigenvalue weighted by Gasteiger charge is 2.13. The van der Waals surface area contributed by atoms with Crippen LogP contribution >= 0.6 is 11.3 Å². The maximum Gasteiger partial charge on any atom is 0.345 e. The summed E-state index contributed by atoms with van der Waals surface area (Å²) in [6.45, 7) is 1.84. The zero-order valence-corrected chi connectivity index (χ0v) is 10.3. The van der Waals surface area contributed by atoms with Crippen LogP contribution in [0.2, 0.25) is 0 Å². The van der Waals surface area contributed by atoms with Crippen molar-refractivity contribution in [1.82, 2.24) is 4.98 Å². The van der Waals surface area contributed by atoms with Gasteiger partial charge < -0.3 is 5.32 Å². The van der Waals surface area contributed by atoms with Crippen molar-refractivity contribution < 1.29 is 9.31 Å². The van der Waals surface area contributed by atoms with E-state index in [0.717, 1.165) is 16.9 Å². The molecule has 5 nitrogen and oxygen atoms in total. The first kappa shape index (κ1) is 12.4. The van der Waals surface area contributed by atoms with Crippen LogP contribution in [0.4, 0.5) is 14.5 Å². The van der Waals surface area contributed by atoms with Gasteiger partial charge in [0.05, 0.1) is 11.0 Å². The summed E-state index contributed by atoms with van der Waals surface area (Å²) >= 11 is 0.953. The summed E-state index contributed by atoms with van der Waals surface area (Å²) in [5.74, 6) is -0.314. The normalized spacial score (nSPS) is 12.1. The van der Waals surface area contributed by atoms with Gasteiger partial charge in [-0.25, -0.2) is 9.37 Å². The van der Waals surface area contributed by atoms with Crippen LogP contribution < -0.4 is 5.32 Å². The number of aromatic nitrogens is 1. The second-order valence-corrected chi connectivity index (χ2v) is 4.69. The fraction of sp³-hybridized carbons (Fsp3) is 0.182. The molecule has 1 heterocycles. The van der Waals surface area contributed by atoms with E-state index in [9.17, 15) is 14.5 Å².